The lowest BCUT2D eigenvalue weighted by molar-refractivity contribution is -0.140. The molecule has 1 heterocycles. The maximum Gasteiger partial charge on any atom is 0.303 e. The Balaban J connectivity index is 2.55. The first-order chi connectivity index (χ1) is 8.43. The molecule has 0 aromatic rings. The number of carboxylic acid groups (broad SMARTS) is 1. The Morgan fingerprint density at radius 3 is 2.50 bits per heavy atom. The van der Waals surface area contributed by atoms with Crippen molar-refractivity contribution in [2.24, 2.45) is 11.8 Å². The van der Waals surface area contributed by atoms with Crippen LogP contribution in [-0.4, -0.2) is 47.6 Å². The molecule has 1 aliphatic rings. The summed E-state index contributed by atoms with van der Waals surface area (Å²) < 4.78 is 0. The molecule has 0 aromatic carbocycles. The van der Waals surface area contributed by atoms with Gasteiger partial charge in [-0.15, -0.1) is 0 Å². The molecule has 1 rings (SSSR count). The molecule has 0 saturated carbocycles. The van der Waals surface area contributed by atoms with Gasteiger partial charge in [-0.25, -0.2) is 0 Å². The monoisotopic (exact) mass is 256 g/mol. The van der Waals surface area contributed by atoms with Gasteiger partial charge in [0.05, 0.1) is 5.92 Å². The quantitative estimate of drug-likeness (QED) is 0.742. The molecule has 0 spiro atoms. The van der Waals surface area contributed by atoms with Gasteiger partial charge in [-0.2, -0.15) is 0 Å². The predicted molar refractivity (Wildman–Crippen MR) is 69.2 cm³/mol. The third-order valence-corrected chi connectivity index (χ3v) is 3.53. The Hall–Kier alpha value is -1.10. The van der Waals surface area contributed by atoms with Crippen molar-refractivity contribution in [3.63, 3.8) is 0 Å². The van der Waals surface area contributed by atoms with Crippen molar-refractivity contribution in [2.45, 2.75) is 39.7 Å². The number of rotatable bonds is 6. The van der Waals surface area contributed by atoms with Gasteiger partial charge in [-0.05, 0) is 32.7 Å². The highest BCUT2D eigenvalue weighted by atomic mass is 16.4. The average molecular weight is 256 g/mol. The van der Waals surface area contributed by atoms with Gasteiger partial charge < -0.3 is 15.3 Å². The first-order valence-corrected chi connectivity index (χ1v) is 6.66. The molecule has 2 unspecified atom stereocenters. The smallest absolute Gasteiger partial charge is 0.303 e. The minimum absolute atomic E-state index is 0.0391. The van der Waals surface area contributed by atoms with E-state index in [4.69, 9.17) is 5.11 Å². The molecule has 0 aliphatic carbocycles. The number of nitrogens with one attached hydrogen (secondary N) is 1. The predicted octanol–water partition coefficient (Wildman–Crippen LogP) is 0.944. The maximum absolute atomic E-state index is 12.4. The van der Waals surface area contributed by atoms with Crippen LogP contribution in [0.2, 0.25) is 0 Å². The van der Waals surface area contributed by atoms with Gasteiger partial charge >= 0.3 is 5.97 Å². The molecule has 1 amide bonds. The summed E-state index contributed by atoms with van der Waals surface area (Å²) in [5, 5.41) is 11.9. The summed E-state index contributed by atoms with van der Waals surface area (Å²) in [6.45, 7) is 8.20. The molecular formula is C13H24N2O3. The third kappa shape index (κ3) is 3.98. The van der Waals surface area contributed by atoms with E-state index >= 15 is 0 Å². The Morgan fingerprint density at radius 1 is 1.39 bits per heavy atom. The van der Waals surface area contributed by atoms with Crippen molar-refractivity contribution in [1.29, 1.82) is 0 Å². The van der Waals surface area contributed by atoms with Crippen molar-refractivity contribution in [3.8, 4) is 0 Å². The second kappa shape index (κ2) is 6.73. The molecule has 2 N–H and O–H groups in total. The largest absolute Gasteiger partial charge is 0.481 e. The Labute approximate surface area is 109 Å². The SMILES string of the molecule is CC1CNCC1C(=O)N(CCCC(=O)O)C(C)C. The van der Waals surface area contributed by atoms with Crippen molar-refractivity contribution in [3.05, 3.63) is 0 Å². The van der Waals surface area contributed by atoms with E-state index in [1.54, 1.807) is 0 Å². The molecule has 18 heavy (non-hydrogen) atoms. The van der Waals surface area contributed by atoms with Crippen LogP contribution in [0.15, 0.2) is 0 Å². The van der Waals surface area contributed by atoms with Gasteiger partial charge in [-0.3, -0.25) is 9.59 Å². The highest BCUT2D eigenvalue weighted by Gasteiger charge is 2.33. The van der Waals surface area contributed by atoms with Crippen molar-refractivity contribution in [2.75, 3.05) is 19.6 Å². The topological polar surface area (TPSA) is 69.6 Å². The van der Waals surface area contributed by atoms with Crippen LogP contribution in [0.4, 0.5) is 0 Å². The van der Waals surface area contributed by atoms with Gasteiger partial charge in [0.1, 0.15) is 0 Å². The van der Waals surface area contributed by atoms with E-state index in [1.165, 1.54) is 0 Å². The van der Waals surface area contributed by atoms with Crippen molar-refractivity contribution < 1.29 is 14.7 Å². The van der Waals surface area contributed by atoms with Crippen molar-refractivity contribution in [1.82, 2.24) is 10.2 Å². The van der Waals surface area contributed by atoms with Gasteiger partial charge in [0.15, 0.2) is 0 Å². The number of hydrogen-bond acceptors (Lipinski definition) is 3. The highest BCUT2D eigenvalue weighted by Crippen LogP contribution is 2.20. The summed E-state index contributed by atoms with van der Waals surface area (Å²) in [5.74, 6) is -0.245. The average Bonchev–Trinajstić information content (AvgIpc) is 2.69. The molecule has 5 heteroatoms. The molecule has 5 nitrogen and oxygen atoms in total. The van der Waals surface area contributed by atoms with Crippen LogP contribution in [0.5, 0.6) is 0 Å². The number of aliphatic carboxylic acids is 1. The minimum Gasteiger partial charge on any atom is -0.481 e. The summed E-state index contributed by atoms with van der Waals surface area (Å²) >= 11 is 0. The number of nitrogens with zero attached hydrogens (tertiary/aromatic N) is 1. The first kappa shape index (κ1) is 15.0. The van der Waals surface area contributed by atoms with Crippen LogP contribution < -0.4 is 5.32 Å². The Morgan fingerprint density at radius 2 is 2.06 bits per heavy atom. The number of carboxylic acids is 1. The molecule has 0 radical (unpaired) electrons. The van der Waals surface area contributed by atoms with Gasteiger partial charge in [0.25, 0.3) is 0 Å². The molecule has 2 atom stereocenters. The molecule has 104 valence electrons. The van der Waals surface area contributed by atoms with E-state index in [2.05, 4.69) is 12.2 Å². The van der Waals surface area contributed by atoms with Crippen LogP contribution in [-0.2, 0) is 9.59 Å². The van der Waals surface area contributed by atoms with E-state index in [0.717, 1.165) is 13.1 Å². The first-order valence-electron chi connectivity index (χ1n) is 6.66. The molecule has 1 aliphatic heterocycles. The van der Waals surface area contributed by atoms with E-state index in [1.807, 2.05) is 18.7 Å². The second-order valence-electron chi connectivity index (χ2n) is 5.36. The molecule has 0 bridgehead atoms. The molecule has 1 saturated heterocycles. The lowest BCUT2D eigenvalue weighted by Gasteiger charge is -2.30. The lowest BCUT2D eigenvalue weighted by Crippen LogP contribution is -2.43. The van der Waals surface area contributed by atoms with Crippen LogP contribution in [0.25, 0.3) is 0 Å². The van der Waals surface area contributed by atoms with E-state index in [0.29, 0.717) is 18.9 Å². The van der Waals surface area contributed by atoms with Gasteiger partial charge in [-0.1, -0.05) is 6.92 Å². The van der Waals surface area contributed by atoms with E-state index in [-0.39, 0.29) is 24.3 Å². The zero-order chi connectivity index (χ0) is 13.7. The Kier molecular flexibility index (Phi) is 5.59. The Bertz CT molecular complexity index is 305. The van der Waals surface area contributed by atoms with Gasteiger partial charge in [0, 0.05) is 25.6 Å². The van der Waals surface area contributed by atoms with Crippen LogP contribution in [0.3, 0.4) is 0 Å². The fourth-order valence-corrected chi connectivity index (χ4v) is 2.38. The van der Waals surface area contributed by atoms with Gasteiger partial charge in [0.2, 0.25) is 5.91 Å². The summed E-state index contributed by atoms with van der Waals surface area (Å²) in [4.78, 5) is 24.7. The van der Waals surface area contributed by atoms with E-state index in [9.17, 15) is 9.59 Å². The van der Waals surface area contributed by atoms with E-state index < -0.39 is 5.97 Å². The highest BCUT2D eigenvalue weighted by molar-refractivity contribution is 5.80. The molecule has 0 aromatic heterocycles. The van der Waals surface area contributed by atoms with Crippen LogP contribution >= 0.6 is 0 Å². The number of carbonyl (C=O) groups is 2. The minimum atomic E-state index is -0.804. The summed E-state index contributed by atoms with van der Waals surface area (Å²) in [6, 6.07) is 0.124. The van der Waals surface area contributed by atoms with Crippen LogP contribution in [0, 0.1) is 11.8 Å². The normalized spacial score (nSPS) is 23.3. The summed E-state index contributed by atoms with van der Waals surface area (Å²) in [5.41, 5.74) is 0. The fraction of sp³-hybridized carbons (Fsp3) is 0.846. The van der Waals surface area contributed by atoms with Crippen molar-refractivity contribution >= 4 is 11.9 Å². The zero-order valence-corrected chi connectivity index (χ0v) is 11.5. The molecule has 1 fully saturated rings. The summed E-state index contributed by atoms with van der Waals surface area (Å²) in [7, 11) is 0. The zero-order valence-electron chi connectivity index (χ0n) is 11.5. The number of carbonyl (C=O) groups excluding carboxylic acids is 1. The number of hydrogen-bond donors (Lipinski definition) is 2. The number of amides is 1. The maximum atomic E-state index is 12.4. The fourth-order valence-electron chi connectivity index (χ4n) is 2.38. The summed E-state index contributed by atoms with van der Waals surface area (Å²) in [6.07, 6.45) is 0.642. The van der Waals surface area contributed by atoms with Crippen LogP contribution in [0.1, 0.15) is 33.6 Å². The second-order valence-corrected chi connectivity index (χ2v) is 5.36. The molecular weight excluding hydrogens is 232 g/mol. The standard InChI is InChI=1S/C13H24N2O3/c1-9(2)15(6-4-5-12(16)17)13(18)11-8-14-7-10(11)3/h9-11,14H,4-8H2,1-3H3,(H,16,17). The third-order valence-electron chi connectivity index (χ3n) is 3.53. The lowest BCUT2D eigenvalue weighted by atomic mass is 9.96.